The molecule has 2 aliphatic rings. The van der Waals surface area contributed by atoms with E-state index in [-0.39, 0.29) is 28.7 Å². The Morgan fingerprint density at radius 1 is 1.47 bits per heavy atom. The molecular formula is C11H9ClFNO. The van der Waals surface area contributed by atoms with Gasteiger partial charge in [-0.3, -0.25) is 4.79 Å². The minimum absolute atomic E-state index is 0.0469. The van der Waals surface area contributed by atoms with Crippen LogP contribution in [0.15, 0.2) is 18.2 Å². The fourth-order valence-corrected chi connectivity index (χ4v) is 2.97. The van der Waals surface area contributed by atoms with Crippen molar-refractivity contribution in [3.05, 3.63) is 35.1 Å². The highest BCUT2D eigenvalue weighted by Crippen LogP contribution is 2.44. The molecule has 0 bridgehead atoms. The van der Waals surface area contributed by atoms with E-state index in [4.69, 9.17) is 11.6 Å². The van der Waals surface area contributed by atoms with Crippen molar-refractivity contribution < 1.29 is 9.18 Å². The molecule has 15 heavy (non-hydrogen) atoms. The van der Waals surface area contributed by atoms with E-state index in [9.17, 15) is 9.18 Å². The zero-order chi connectivity index (χ0) is 10.6. The molecule has 1 fully saturated rings. The van der Waals surface area contributed by atoms with Gasteiger partial charge in [0.15, 0.2) is 5.78 Å². The van der Waals surface area contributed by atoms with Crippen molar-refractivity contribution in [2.75, 3.05) is 6.54 Å². The fraction of sp³-hybridized carbons (Fsp3) is 0.364. The predicted molar refractivity (Wildman–Crippen MR) is 54.6 cm³/mol. The number of ketones is 1. The van der Waals surface area contributed by atoms with Crippen LogP contribution >= 0.6 is 11.6 Å². The second-order valence-corrected chi connectivity index (χ2v) is 4.48. The van der Waals surface area contributed by atoms with Gasteiger partial charge < -0.3 is 5.32 Å². The Balaban J connectivity index is 2.19. The van der Waals surface area contributed by atoms with Crippen molar-refractivity contribution >= 4 is 17.4 Å². The lowest BCUT2D eigenvalue weighted by Crippen LogP contribution is -2.25. The molecule has 0 amide bonds. The summed E-state index contributed by atoms with van der Waals surface area (Å²) in [6, 6.07) is 4.79. The lowest BCUT2D eigenvalue weighted by Gasteiger charge is -2.08. The second-order valence-electron chi connectivity index (χ2n) is 4.01. The number of benzene rings is 1. The van der Waals surface area contributed by atoms with Crippen molar-refractivity contribution in [3.63, 3.8) is 0 Å². The molecule has 1 aromatic carbocycles. The third kappa shape index (κ3) is 1.11. The molecule has 0 aromatic heterocycles. The largest absolute Gasteiger partial charge is 0.300 e. The smallest absolute Gasteiger partial charge is 0.172 e. The summed E-state index contributed by atoms with van der Waals surface area (Å²) in [4.78, 5) is 11.9. The summed E-state index contributed by atoms with van der Waals surface area (Å²) in [5.74, 6) is -0.821. The van der Waals surface area contributed by atoms with Crippen molar-refractivity contribution in [2.45, 2.75) is 11.4 Å². The zero-order valence-corrected chi connectivity index (χ0v) is 8.59. The maximum Gasteiger partial charge on any atom is 0.172 e. The van der Waals surface area contributed by atoms with Crippen molar-refractivity contribution in [1.29, 1.82) is 0 Å². The standard InChI is InChI=1S/C11H9ClFNO/c12-11-9-6(4-14-11)5-2-1-3-7(13)8(5)10(9)15/h1-3,6,9,11,14H,4H2. The van der Waals surface area contributed by atoms with Crippen molar-refractivity contribution in [1.82, 2.24) is 5.32 Å². The van der Waals surface area contributed by atoms with Crippen molar-refractivity contribution in [2.24, 2.45) is 5.92 Å². The van der Waals surface area contributed by atoms with E-state index < -0.39 is 5.82 Å². The number of nitrogens with one attached hydrogen (secondary N) is 1. The van der Waals surface area contributed by atoms with Crippen LogP contribution in [0, 0.1) is 11.7 Å². The number of rotatable bonds is 0. The predicted octanol–water partition coefficient (Wildman–Crippen LogP) is 1.89. The van der Waals surface area contributed by atoms with Gasteiger partial charge in [-0.05, 0) is 11.6 Å². The van der Waals surface area contributed by atoms with E-state index in [0.29, 0.717) is 6.54 Å². The van der Waals surface area contributed by atoms with Crippen LogP contribution in [0.5, 0.6) is 0 Å². The van der Waals surface area contributed by atoms with Gasteiger partial charge in [0.1, 0.15) is 5.82 Å². The normalized spacial score (nSPS) is 32.9. The summed E-state index contributed by atoms with van der Waals surface area (Å²) in [6.07, 6.45) is 0. The maximum atomic E-state index is 13.5. The first kappa shape index (κ1) is 9.31. The Labute approximate surface area is 91.4 Å². The van der Waals surface area contributed by atoms with Crippen LogP contribution in [0.4, 0.5) is 4.39 Å². The molecule has 0 saturated carbocycles. The van der Waals surface area contributed by atoms with Gasteiger partial charge in [-0.1, -0.05) is 12.1 Å². The van der Waals surface area contributed by atoms with E-state index in [0.717, 1.165) is 5.56 Å². The van der Waals surface area contributed by atoms with E-state index in [1.807, 2.05) is 6.07 Å². The van der Waals surface area contributed by atoms with E-state index in [2.05, 4.69) is 5.32 Å². The molecule has 1 saturated heterocycles. The molecule has 78 valence electrons. The molecule has 1 heterocycles. The monoisotopic (exact) mass is 225 g/mol. The molecular weight excluding hydrogens is 217 g/mol. The van der Waals surface area contributed by atoms with E-state index >= 15 is 0 Å². The average Bonchev–Trinajstić information content (AvgIpc) is 2.70. The van der Waals surface area contributed by atoms with Crippen LogP contribution in [0.1, 0.15) is 21.8 Å². The molecule has 3 rings (SSSR count). The van der Waals surface area contributed by atoms with Crippen LogP contribution in [-0.4, -0.2) is 17.8 Å². The Morgan fingerprint density at radius 3 is 3.07 bits per heavy atom. The molecule has 3 unspecified atom stereocenters. The quantitative estimate of drug-likeness (QED) is 0.540. The highest BCUT2D eigenvalue weighted by molar-refractivity contribution is 6.23. The number of carbonyl (C=O) groups is 1. The van der Waals surface area contributed by atoms with Gasteiger partial charge in [-0.15, -0.1) is 11.6 Å². The maximum absolute atomic E-state index is 13.5. The fourth-order valence-electron chi connectivity index (χ4n) is 2.59. The Hall–Kier alpha value is -0.930. The summed E-state index contributed by atoms with van der Waals surface area (Å²) in [6.45, 7) is 0.654. The average molecular weight is 226 g/mol. The lowest BCUT2D eigenvalue weighted by molar-refractivity contribution is 0.0930. The highest BCUT2D eigenvalue weighted by atomic mass is 35.5. The molecule has 4 heteroatoms. The number of fused-ring (bicyclic) bond motifs is 3. The summed E-state index contributed by atoms with van der Waals surface area (Å²) in [7, 11) is 0. The van der Waals surface area contributed by atoms with Gasteiger partial charge in [0, 0.05) is 12.5 Å². The Bertz CT molecular complexity index is 448. The van der Waals surface area contributed by atoms with Crippen molar-refractivity contribution in [3.8, 4) is 0 Å². The lowest BCUT2D eigenvalue weighted by atomic mass is 9.96. The number of carbonyl (C=O) groups excluding carboxylic acids is 1. The minimum Gasteiger partial charge on any atom is -0.300 e. The number of hydrogen-bond donors (Lipinski definition) is 1. The first-order valence-corrected chi connectivity index (χ1v) is 5.34. The van der Waals surface area contributed by atoms with Crippen LogP contribution in [0.2, 0.25) is 0 Å². The molecule has 1 aromatic rings. The first-order valence-electron chi connectivity index (χ1n) is 4.90. The molecule has 1 aliphatic carbocycles. The SMILES string of the molecule is O=C1c2c(F)cccc2C2CNC(Cl)C12. The van der Waals surface area contributed by atoms with Gasteiger partial charge in [0.05, 0.1) is 17.0 Å². The number of alkyl halides is 1. The molecule has 1 aliphatic heterocycles. The molecule has 2 nitrogen and oxygen atoms in total. The molecule has 1 N–H and O–H groups in total. The summed E-state index contributed by atoms with van der Waals surface area (Å²) in [5.41, 5.74) is 0.689. The second kappa shape index (κ2) is 3.03. The minimum atomic E-state index is -0.421. The number of halogens is 2. The van der Waals surface area contributed by atoms with Gasteiger partial charge in [0.25, 0.3) is 0 Å². The third-order valence-electron chi connectivity index (χ3n) is 3.28. The van der Waals surface area contributed by atoms with Crippen LogP contribution < -0.4 is 5.32 Å². The van der Waals surface area contributed by atoms with E-state index in [1.165, 1.54) is 6.07 Å². The summed E-state index contributed by atoms with van der Waals surface area (Å²) >= 11 is 6.00. The van der Waals surface area contributed by atoms with Gasteiger partial charge in [-0.25, -0.2) is 4.39 Å². The first-order chi connectivity index (χ1) is 7.20. The highest BCUT2D eigenvalue weighted by Gasteiger charge is 2.48. The van der Waals surface area contributed by atoms with Gasteiger partial charge in [-0.2, -0.15) is 0 Å². The molecule has 0 spiro atoms. The summed E-state index contributed by atoms with van der Waals surface area (Å²) < 4.78 is 13.5. The van der Waals surface area contributed by atoms with Gasteiger partial charge in [0.2, 0.25) is 0 Å². The number of hydrogen-bond acceptors (Lipinski definition) is 2. The van der Waals surface area contributed by atoms with E-state index in [1.54, 1.807) is 6.07 Å². The number of Topliss-reactive ketones (excluding diaryl/α,β-unsaturated/α-hetero) is 1. The Morgan fingerprint density at radius 2 is 2.27 bits per heavy atom. The van der Waals surface area contributed by atoms with Crippen LogP contribution in [0.25, 0.3) is 0 Å². The summed E-state index contributed by atoms with van der Waals surface area (Å²) in [5, 5.41) is 3.03. The topological polar surface area (TPSA) is 29.1 Å². The molecule has 3 atom stereocenters. The third-order valence-corrected chi connectivity index (χ3v) is 3.70. The van der Waals surface area contributed by atoms with Gasteiger partial charge >= 0.3 is 0 Å². The Kier molecular flexibility index (Phi) is 1.88. The zero-order valence-electron chi connectivity index (χ0n) is 7.84. The van der Waals surface area contributed by atoms with Crippen LogP contribution in [0.3, 0.4) is 0 Å². The van der Waals surface area contributed by atoms with Crippen LogP contribution in [-0.2, 0) is 0 Å². The molecule has 0 radical (unpaired) electrons.